The number of para-hydroxylation sites is 2. The van der Waals surface area contributed by atoms with Crippen molar-refractivity contribution in [3.8, 4) is 11.5 Å². The number of carboxylic acid groups (broad SMARTS) is 1. The molecule has 0 aliphatic heterocycles. The average molecular weight is 378 g/mol. The summed E-state index contributed by atoms with van der Waals surface area (Å²) in [6, 6.07) is 11.3. The first-order valence-corrected chi connectivity index (χ1v) is 8.98. The zero-order chi connectivity index (χ0) is 19.2. The molecule has 1 amide bonds. The summed E-state index contributed by atoms with van der Waals surface area (Å²) in [6.45, 7) is 1.39. The molecule has 0 saturated heterocycles. The molecule has 1 N–H and O–H groups in total. The maximum atomic E-state index is 12.5. The maximum Gasteiger partial charge on any atom is 0.339 e. The predicted molar refractivity (Wildman–Crippen MR) is 89.2 cm³/mol. The van der Waals surface area contributed by atoms with E-state index in [1.165, 1.54) is 24.3 Å². The summed E-state index contributed by atoms with van der Waals surface area (Å²) in [5.74, 6) is -1.93. The van der Waals surface area contributed by atoms with Crippen LogP contribution in [-0.4, -0.2) is 33.4 Å². The number of nitrogens with one attached hydrogen (secondary N) is 1. The molecule has 0 heterocycles. The zero-order valence-electron chi connectivity index (χ0n) is 13.8. The van der Waals surface area contributed by atoms with Gasteiger partial charge in [-0.25, -0.2) is 0 Å². The van der Waals surface area contributed by atoms with Gasteiger partial charge in [0.15, 0.2) is 11.5 Å². The standard InChI is InChI=1S/C17H17NO7S/c1-2-24-14-8-3-4-9-15(14)25-26(22,23)13-7-5-6-12(10-13)17(21)18-11-16(19)20/h3-10H,2,11H2,1H3,(H,18,21)(H,19,20)/p-1. The molecule has 0 spiro atoms. The number of carbonyl (C=O) groups is 2. The highest BCUT2D eigenvalue weighted by Gasteiger charge is 2.20. The van der Waals surface area contributed by atoms with Gasteiger partial charge in [-0.05, 0) is 37.3 Å². The molecule has 138 valence electrons. The number of ether oxygens (including phenoxy) is 1. The highest BCUT2D eigenvalue weighted by molar-refractivity contribution is 7.87. The highest BCUT2D eigenvalue weighted by atomic mass is 32.2. The van der Waals surface area contributed by atoms with Crippen molar-refractivity contribution in [2.24, 2.45) is 0 Å². The summed E-state index contributed by atoms with van der Waals surface area (Å²) in [5.41, 5.74) is -0.0333. The molecule has 2 rings (SSSR count). The van der Waals surface area contributed by atoms with E-state index in [4.69, 9.17) is 8.92 Å². The van der Waals surface area contributed by atoms with Crippen LogP contribution in [0.1, 0.15) is 17.3 Å². The van der Waals surface area contributed by atoms with Gasteiger partial charge in [0.2, 0.25) is 0 Å². The van der Waals surface area contributed by atoms with E-state index in [-0.39, 0.29) is 22.0 Å². The average Bonchev–Trinajstić information content (AvgIpc) is 2.61. The fourth-order valence-electron chi connectivity index (χ4n) is 2.01. The normalized spacial score (nSPS) is 10.8. The largest absolute Gasteiger partial charge is 0.548 e. The van der Waals surface area contributed by atoms with Crippen molar-refractivity contribution in [3.05, 3.63) is 54.1 Å². The number of carboxylic acids is 1. The number of aliphatic carboxylic acids is 1. The Morgan fingerprint density at radius 1 is 1.08 bits per heavy atom. The summed E-state index contributed by atoms with van der Waals surface area (Å²) < 4.78 is 35.4. The van der Waals surface area contributed by atoms with Crippen LogP contribution in [0.15, 0.2) is 53.4 Å². The van der Waals surface area contributed by atoms with Gasteiger partial charge in [-0.2, -0.15) is 8.42 Å². The summed E-state index contributed by atoms with van der Waals surface area (Å²) in [4.78, 5) is 22.0. The molecule has 0 aromatic heterocycles. The van der Waals surface area contributed by atoms with Gasteiger partial charge in [0.25, 0.3) is 5.91 Å². The molecule has 26 heavy (non-hydrogen) atoms. The van der Waals surface area contributed by atoms with Crippen molar-refractivity contribution in [1.82, 2.24) is 5.32 Å². The molecule has 0 bridgehead atoms. The third kappa shape index (κ3) is 4.96. The van der Waals surface area contributed by atoms with Gasteiger partial charge in [-0.15, -0.1) is 0 Å². The Morgan fingerprint density at radius 2 is 1.77 bits per heavy atom. The van der Waals surface area contributed by atoms with Crippen LogP contribution in [0, 0.1) is 0 Å². The number of carbonyl (C=O) groups excluding carboxylic acids is 2. The van der Waals surface area contributed by atoms with E-state index in [0.717, 1.165) is 6.07 Å². The molecule has 0 radical (unpaired) electrons. The highest BCUT2D eigenvalue weighted by Crippen LogP contribution is 2.29. The van der Waals surface area contributed by atoms with Crippen LogP contribution in [-0.2, 0) is 14.9 Å². The van der Waals surface area contributed by atoms with Crippen LogP contribution in [0.25, 0.3) is 0 Å². The lowest BCUT2D eigenvalue weighted by Gasteiger charge is -2.12. The van der Waals surface area contributed by atoms with E-state index >= 15 is 0 Å². The summed E-state index contributed by atoms with van der Waals surface area (Å²) in [7, 11) is -4.23. The third-order valence-corrected chi connectivity index (χ3v) is 4.36. The Balaban J connectivity index is 2.26. The predicted octanol–water partition coefficient (Wildman–Crippen LogP) is 0.333. The quantitative estimate of drug-likeness (QED) is 0.657. The van der Waals surface area contributed by atoms with Crippen LogP contribution in [0.5, 0.6) is 11.5 Å². The van der Waals surface area contributed by atoms with Crippen LogP contribution in [0.2, 0.25) is 0 Å². The van der Waals surface area contributed by atoms with Crippen molar-refractivity contribution >= 4 is 22.0 Å². The molecule has 2 aromatic carbocycles. The topological polar surface area (TPSA) is 122 Å². The van der Waals surface area contributed by atoms with Crippen LogP contribution >= 0.6 is 0 Å². The molecular formula is C17H16NO7S-. The van der Waals surface area contributed by atoms with Crippen LogP contribution in [0.4, 0.5) is 0 Å². The Labute approximate surface area is 150 Å². The molecule has 0 aliphatic rings. The Kier molecular flexibility index (Phi) is 6.18. The Hall–Kier alpha value is -3.07. The van der Waals surface area contributed by atoms with E-state index in [0.29, 0.717) is 6.61 Å². The summed E-state index contributed by atoms with van der Waals surface area (Å²) in [6.07, 6.45) is 0. The van der Waals surface area contributed by atoms with Crippen molar-refractivity contribution in [2.75, 3.05) is 13.2 Å². The van der Waals surface area contributed by atoms with E-state index < -0.39 is 28.5 Å². The summed E-state index contributed by atoms with van der Waals surface area (Å²) in [5, 5.41) is 12.5. The van der Waals surface area contributed by atoms with E-state index in [9.17, 15) is 23.1 Å². The Bertz CT molecular complexity index is 909. The second-order valence-corrected chi connectivity index (χ2v) is 6.55. The van der Waals surface area contributed by atoms with Gasteiger partial charge in [0.1, 0.15) is 4.90 Å². The van der Waals surface area contributed by atoms with Crippen molar-refractivity contribution in [2.45, 2.75) is 11.8 Å². The SMILES string of the molecule is CCOc1ccccc1OS(=O)(=O)c1cccc(C(=O)NCC(=O)[O-])c1. The Morgan fingerprint density at radius 3 is 2.42 bits per heavy atom. The van der Waals surface area contributed by atoms with Gasteiger partial charge in [0.05, 0.1) is 19.1 Å². The van der Waals surface area contributed by atoms with Gasteiger partial charge in [-0.1, -0.05) is 18.2 Å². The molecule has 2 aromatic rings. The second kappa shape index (κ2) is 8.34. The number of benzene rings is 2. The number of hydrogen-bond donors (Lipinski definition) is 1. The van der Waals surface area contributed by atoms with Gasteiger partial charge in [-0.3, -0.25) is 4.79 Å². The molecule has 9 heteroatoms. The van der Waals surface area contributed by atoms with E-state index in [1.807, 2.05) is 0 Å². The first-order valence-electron chi connectivity index (χ1n) is 7.58. The molecular weight excluding hydrogens is 362 g/mol. The fourth-order valence-corrected chi connectivity index (χ4v) is 2.99. The minimum Gasteiger partial charge on any atom is -0.548 e. The van der Waals surface area contributed by atoms with Crippen molar-refractivity contribution in [3.63, 3.8) is 0 Å². The van der Waals surface area contributed by atoms with Gasteiger partial charge in [0, 0.05) is 5.56 Å². The number of hydrogen-bond acceptors (Lipinski definition) is 7. The zero-order valence-corrected chi connectivity index (χ0v) is 14.6. The lowest BCUT2D eigenvalue weighted by Crippen LogP contribution is -2.37. The van der Waals surface area contributed by atoms with Gasteiger partial charge >= 0.3 is 10.1 Å². The first-order chi connectivity index (χ1) is 12.3. The minimum atomic E-state index is -4.23. The van der Waals surface area contributed by atoms with E-state index in [2.05, 4.69) is 5.32 Å². The lowest BCUT2D eigenvalue weighted by atomic mass is 10.2. The number of amides is 1. The molecule has 8 nitrogen and oxygen atoms in total. The monoisotopic (exact) mass is 378 g/mol. The summed E-state index contributed by atoms with van der Waals surface area (Å²) >= 11 is 0. The molecule has 0 aliphatic carbocycles. The van der Waals surface area contributed by atoms with Crippen molar-refractivity contribution < 1.29 is 32.0 Å². The first kappa shape index (κ1) is 19.3. The smallest absolute Gasteiger partial charge is 0.339 e. The fraction of sp³-hybridized carbons (Fsp3) is 0.176. The third-order valence-electron chi connectivity index (χ3n) is 3.13. The van der Waals surface area contributed by atoms with Gasteiger partial charge < -0.3 is 24.1 Å². The molecule has 0 saturated carbocycles. The maximum absolute atomic E-state index is 12.5. The second-order valence-electron chi connectivity index (χ2n) is 5.00. The minimum absolute atomic E-state index is 0.0150. The van der Waals surface area contributed by atoms with Crippen LogP contribution < -0.4 is 19.3 Å². The van der Waals surface area contributed by atoms with Crippen molar-refractivity contribution in [1.29, 1.82) is 0 Å². The molecule has 0 fully saturated rings. The molecule has 0 atom stereocenters. The molecule has 0 unspecified atom stereocenters. The van der Waals surface area contributed by atoms with E-state index in [1.54, 1.807) is 25.1 Å². The number of rotatable bonds is 8. The lowest BCUT2D eigenvalue weighted by molar-refractivity contribution is -0.303. The van der Waals surface area contributed by atoms with Crippen LogP contribution in [0.3, 0.4) is 0 Å².